The fourth-order valence-electron chi connectivity index (χ4n) is 5.26. The molecule has 9 heteroatoms. The third kappa shape index (κ3) is 4.20. The van der Waals surface area contributed by atoms with Crippen LogP contribution in [-0.2, 0) is 14.3 Å². The molecule has 1 saturated heterocycles. The van der Waals surface area contributed by atoms with Gasteiger partial charge < -0.3 is 14.4 Å². The molecule has 2 amide bonds. The largest absolute Gasteiger partial charge is 0.495 e. The van der Waals surface area contributed by atoms with E-state index in [9.17, 15) is 14.4 Å². The zero-order chi connectivity index (χ0) is 27.8. The van der Waals surface area contributed by atoms with Gasteiger partial charge in [0.15, 0.2) is 0 Å². The number of carbonyl (C=O) groups excluding carboxylic acids is 2. The number of anilines is 1. The number of H-pyrrole nitrogens is 1. The number of aryl methyl sites for hydroxylation is 1. The number of nitrogens with one attached hydrogen (secondary N) is 1. The van der Waals surface area contributed by atoms with E-state index in [2.05, 4.69) is 5.10 Å². The monoisotopic (exact) mass is 536 g/mol. The van der Waals surface area contributed by atoms with Gasteiger partial charge >= 0.3 is 0 Å². The van der Waals surface area contributed by atoms with Crippen molar-refractivity contribution in [3.8, 4) is 22.7 Å². The molecule has 1 N–H and O–H groups in total. The molecule has 3 heterocycles. The molecule has 0 spiro atoms. The molecular weight excluding hydrogens is 508 g/mol. The Balaban J connectivity index is 1.63. The second-order valence-electron chi connectivity index (χ2n) is 9.65. The van der Waals surface area contributed by atoms with Gasteiger partial charge in [-0.3, -0.25) is 19.5 Å². The first-order chi connectivity index (χ1) is 19.5. The van der Waals surface area contributed by atoms with Crippen LogP contribution >= 0.6 is 0 Å². The molecular formula is C31H28N4O5. The Morgan fingerprint density at radius 2 is 1.52 bits per heavy atom. The number of imide groups is 1. The summed E-state index contributed by atoms with van der Waals surface area (Å²) in [5, 5.41) is 3.22. The number of hydrogen-bond acceptors (Lipinski definition) is 6. The standard InChI is InChI=1S/C31H28N4O5/c1-20-13-14-24(39-2)23(19-20)34-29(36)26(28(31(34)38)33-15-17-40-18-16-33)25-27(21-9-5-3-6-10-21)32-35(30(25)37)22-11-7-4-8-12-22/h3-14,19,32H,15-18H2,1-2H3. The Bertz CT molecular complexity index is 1680. The Morgan fingerprint density at radius 1 is 0.850 bits per heavy atom. The Kier molecular flexibility index (Phi) is 6.57. The van der Waals surface area contributed by atoms with Gasteiger partial charge in [-0.05, 0) is 36.8 Å². The highest BCUT2D eigenvalue weighted by atomic mass is 16.5. The van der Waals surface area contributed by atoms with Crippen LogP contribution in [0.4, 0.5) is 5.69 Å². The van der Waals surface area contributed by atoms with Crippen LogP contribution in [0.1, 0.15) is 11.1 Å². The Morgan fingerprint density at radius 3 is 2.20 bits per heavy atom. The lowest BCUT2D eigenvalue weighted by Gasteiger charge is -2.29. The van der Waals surface area contributed by atoms with Gasteiger partial charge in [0.05, 0.1) is 48.5 Å². The first-order valence-corrected chi connectivity index (χ1v) is 13.1. The molecule has 4 aromatic rings. The average Bonchev–Trinajstić information content (AvgIpc) is 3.46. The van der Waals surface area contributed by atoms with Gasteiger partial charge in [0.1, 0.15) is 11.4 Å². The number of carbonyl (C=O) groups is 2. The number of hydrogen-bond donors (Lipinski definition) is 1. The lowest BCUT2D eigenvalue weighted by Crippen LogP contribution is -2.40. The number of morpholine rings is 1. The highest BCUT2D eigenvalue weighted by Gasteiger charge is 2.46. The number of nitrogens with zero attached hydrogens (tertiary/aromatic N) is 3. The van der Waals surface area contributed by atoms with E-state index in [1.54, 1.807) is 24.3 Å². The molecule has 0 aliphatic carbocycles. The number of para-hydroxylation sites is 1. The highest BCUT2D eigenvalue weighted by molar-refractivity contribution is 6.46. The molecule has 6 rings (SSSR count). The van der Waals surface area contributed by atoms with Crippen molar-refractivity contribution in [2.24, 2.45) is 0 Å². The predicted octanol–water partition coefficient (Wildman–Crippen LogP) is 3.77. The Hall–Kier alpha value is -4.89. The summed E-state index contributed by atoms with van der Waals surface area (Å²) in [7, 11) is 1.49. The van der Waals surface area contributed by atoms with E-state index < -0.39 is 17.4 Å². The number of methoxy groups -OCH3 is 1. The van der Waals surface area contributed by atoms with E-state index in [1.807, 2.05) is 66.4 Å². The molecule has 0 unspecified atom stereocenters. The van der Waals surface area contributed by atoms with Gasteiger partial charge in [0.2, 0.25) is 0 Å². The van der Waals surface area contributed by atoms with E-state index in [1.165, 1.54) is 11.8 Å². The second kappa shape index (κ2) is 10.3. The van der Waals surface area contributed by atoms with Gasteiger partial charge in [-0.2, -0.15) is 0 Å². The maximum Gasteiger partial charge on any atom is 0.282 e. The topological polar surface area (TPSA) is 96.9 Å². The normalized spacial score (nSPS) is 15.8. The maximum atomic E-state index is 14.4. The SMILES string of the molecule is COc1ccc(C)cc1N1C(=O)C(c2c(-c3ccccc3)[nH]n(-c3ccccc3)c2=O)=C(N2CCOCC2)C1=O. The third-order valence-corrected chi connectivity index (χ3v) is 7.18. The molecule has 2 aliphatic heterocycles. The number of ether oxygens (including phenoxy) is 2. The number of rotatable bonds is 6. The van der Waals surface area contributed by atoms with Crippen molar-refractivity contribution in [1.82, 2.24) is 14.7 Å². The average molecular weight is 537 g/mol. The van der Waals surface area contributed by atoms with Crippen molar-refractivity contribution in [2.45, 2.75) is 6.92 Å². The molecule has 9 nitrogen and oxygen atoms in total. The van der Waals surface area contributed by atoms with Crippen molar-refractivity contribution < 1.29 is 19.1 Å². The molecule has 40 heavy (non-hydrogen) atoms. The smallest absolute Gasteiger partial charge is 0.282 e. The summed E-state index contributed by atoms with van der Waals surface area (Å²) in [5.74, 6) is -0.700. The van der Waals surface area contributed by atoms with Crippen molar-refractivity contribution in [3.63, 3.8) is 0 Å². The van der Waals surface area contributed by atoms with E-state index in [0.717, 1.165) is 10.5 Å². The highest BCUT2D eigenvalue weighted by Crippen LogP contribution is 2.40. The fourth-order valence-corrected chi connectivity index (χ4v) is 5.26. The van der Waals surface area contributed by atoms with E-state index in [-0.39, 0.29) is 16.8 Å². The first kappa shape index (κ1) is 25.4. The minimum Gasteiger partial charge on any atom is -0.495 e. The second-order valence-corrected chi connectivity index (χ2v) is 9.65. The zero-order valence-electron chi connectivity index (χ0n) is 22.2. The lowest BCUT2D eigenvalue weighted by molar-refractivity contribution is -0.121. The van der Waals surface area contributed by atoms with Crippen LogP contribution in [-0.4, -0.2) is 59.9 Å². The lowest BCUT2D eigenvalue weighted by atomic mass is 10.00. The van der Waals surface area contributed by atoms with Crippen LogP contribution < -0.4 is 15.2 Å². The minimum atomic E-state index is -0.580. The number of aromatic amines is 1. The summed E-state index contributed by atoms with van der Waals surface area (Å²) in [6.45, 7) is 3.50. The van der Waals surface area contributed by atoms with Crippen LogP contribution in [0, 0.1) is 6.92 Å². The summed E-state index contributed by atoms with van der Waals surface area (Å²) in [5.41, 5.74) is 2.93. The quantitative estimate of drug-likeness (QED) is 0.377. The summed E-state index contributed by atoms with van der Waals surface area (Å²) in [6, 6.07) is 23.8. The predicted molar refractivity (Wildman–Crippen MR) is 151 cm³/mol. The van der Waals surface area contributed by atoms with Gasteiger partial charge in [-0.15, -0.1) is 0 Å². The fraction of sp³-hybridized carbons (Fsp3) is 0.194. The summed E-state index contributed by atoms with van der Waals surface area (Å²) in [6.07, 6.45) is 0. The van der Waals surface area contributed by atoms with Crippen LogP contribution in [0.3, 0.4) is 0 Å². The van der Waals surface area contributed by atoms with Gasteiger partial charge in [0, 0.05) is 18.7 Å². The molecule has 2 aliphatic rings. The maximum absolute atomic E-state index is 14.4. The van der Waals surface area contributed by atoms with Gasteiger partial charge in [-0.25, -0.2) is 9.58 Å². The van der Waals surface area contributed by atoms with E-state index >= 15 is 0 Å². The molecule has 0 atom stereocenters. The van der Waals surface area contributed by atoms with Crippen LogP contribution in [0.2, 0.25) is 0 Å². The van der Waals surface area contributed by atoms with Crippen LogP contribution in [0.25, 0.3) is 22.5 Å². The molecule has 1 fully saturated rings. The van der Waals surface area contributed by atoms with Crippen LogP contribution in [0.5, 0.6) is 5.75 Å². The molecule has 0 saturated carbocycles. The first-order valence-electron chi connectivity index (χ1n) is 13.1. The number of benzene rings is 3. The van der Waals surface area contributed by atoms with Gasteiger partial charge in [0.25, 0.3) is 17.4 Å². The van der Waals surface area contributed by atoms with Crippen molar-refractivity contribution >= 4 is 23.1 Å². The third-order valence-electron chi connectivity index (χ3n) is 7.18. The number of aromatic nitrogens is 2. The van der Waals surface area contributed by atoms with Crippen LogP contribution in [0.15, 0.2) is 89.4 Å². The summed E-state index contributed by atoms with van der Waals surface area (Å²) < 4.78 is 12.5. The summed E-state index contributed by atoms with van der Waals surface area (Å²) in [4.78, 5) is 45.8. The van der Waals surface area contributed by atoms with E-state index in [0.29, 0.717) is 54.7 Å². The molecule has 3 aromatic carbocycles. The van der Waals surface area contributed by atoms with Crippen molar-refractivity contribution in [3.05, 3.63) is 106 Å². The summed E-state index contributed by atoms with van der Waals surface area (Å²) >= 11 is 0. The minimum absolute atomic E-state index is 0.0604. The van der Waals surface area contributed by atoms with Gasteiger partial charge in [-0.1, -0.05) is 54.6 Å². The Labute approximate surface area is 230 Å². The molecule has 202 valence electrons. The zero-order valence-corrected chi connectivity index (χ0v) is 22.2. The molecule has 1 aromatic heterocycles. The van der Waals surface area contributed by atoms with Crippen molar-refractivity contribution in [1.29, 1.82) is 0 Å². The van der Waals surface area contributed by atoms with Crippen molar-refractivity contribution in [2.75, 3.05) is 38.3 Å². The molecule has 0 radical (unpaired) electrons. The molecule has 0 bridgehead atoms. The number of amides is 2. The van der Waals surface area contributed by atoms with E-state index in [4.69, 9.17) is 9.47 Å².